The van der Waals surface area contributed by atoms with Crippen LogP contribution in [0.4, 0.5) is 0 Å². The van der Waals surface area contributed by atoms with Gasteiger partial charge < -0.3 is 9.84 Å². The molecule has 1 aromatic rings. The third-order valence-corrected chi connectivity index (χ3v) is 4.28. The zero-order chi connectivity index (χ0) is 11.6. The van der Waals surface area contributed by atoms with Gasteiger partial charge in [-0.05, 0) is 0 Å². The SMILES string of the molecule is CCc1noc(CC2CS(=O)(=O)CCN2)n1. The van der Waals surface area contributed by atoms with Crippen LogP contribution < -0.4 is 5.32 Å². The zero-order valence-corrected chi connectivity index (χ0v) is 9.96. The Balaban J connectivity index is 1.99. The second-order valence-corrected chi connectivity index (χ2v) is 6.16. The fourth-order valence-corrected chi connectivity index (χ4v) is 3.17. The number of nitrogens with zero attached hydrogens (tertiary/aromatic N) is 2. The molecule has 1 atom stereocenters. The molecular formula is C9H15N3O3S. The first-order chi connectivity index (χ1) is 7.59. The minimum atomic E-state index is -2.90. The lowest BCUT2D eigenvalue weighted by molar-refractivity contribution is 0.357. The lowest BCUT2D eigenvalue weighted by atomic mass is 10.2. The molecule has 0 saturated carbocycles. The predicted octanol–water partition coefficient (Wildman–Crippen LogP) is -0.439. The Kier molecular flexibility index (Phi) is 3.25. The highest BCUT2D eigenvalue weighted by Crippen LogP contribution is 2.07. The average Bonchev–Trinajstić information content (AvgIpc) is 2.64. The van der Waals surface area contributed by atoms with Crippen molar-refractivity contribution in [3.05, 3.63) is 11.7 Å². The third-order valence-electron chi connectivity index (χ3n) is 2.55. The van der Waals surface area contributed by atoms with E-state index in [4.69, 9.17) is 4.52 Å². The van der Waals surface area contributed by atoms with Crippen molar-refractivity contribution in [2.75, 3.05) is 18.1 Å². The summed E-state index contributed by atoms with van der Waals surface area (Å²) >= 11 is 0. The van der Waals surface area contributed by atoms with Crippen molar-refractivity contribution >= 4 is 9.84 Å². The molecule has 1 fully saturated rings. The van der Waals surface area contributed by atoms with Gasteiger partial charge in [-0.2, -0.15) is 4.98 Å². The highest BCUT2D eigenvalue weighted by molar-refractivity contribution is 7.91. The van der Waals surface area contributed by atoms with Crippen LogP contribution >= 0.6 is 0 Å². The van der Waals surface area contributed by atoms with Gasteiger partial charge in [-0.1, -0.05) is 12.1 Å². The first-order valence-electron chi connectivity index (χ1n) is 5.34. The monoisotopic (exact) mass is 245 g/mol. The molecule has 7 heteroatoms. The number of hydrogen-bond acceptors (Lipinski definition) is 6. The summed E-state index contributed by atoms with van der Waals surface area (Å²) in [6, 6.07) is -0.107. The molecule has 90 valence electrons. The van der Waals surface area contributed by atoms with E-state index in [1.165, 1.54) is 0 Å². The molecule has 2 heterocycles. The second kappa shape index (κ2) is 4.50. The van der Waals surface area contributed by atoms with Gasteiger partial charge in [-0.3, -0.25) is 0 Å². The van der Waals surface area contributed by atoms with Crippen molar-refractivity contribution < 1.29 is 12.9 Å². The Morgan fingerprint density at radius 2 is 2.38 bits per heavy atom. The number of aromatic nitrogens is 2. The Hall–Kier alpha value is -0.950. The topological polar surface area (TPSA) is 85.1 Å². The summed E-state index contributed by atoms with van der Waals surface area (Å²) in [5.74, 6) is 1.53. The lowest BCUT2D eigenvalue weighted by Gasteiger charge is -2.21. The van der Waals surface area contributed by atoms with Gasteiger partial charge >= 0.3 is 0 Å². The average molecular weight is 245 g/mol. The minimum absolute atomic E-state index is 0.107. The van der Waals surface area contributed by atoms with E-state index in [2.05, 4.69) is 15.5 Å². The molecule has 0 radical (unpaired) electrons. The van der Waals surface area contributed by atoms with Crippen molar-refractivity contribution in [3.63, 3.8) is 0 Å². The summed E-state index contributed by atoms with van der Waals surface area (Å²) in [4.78, 5) is 4.16. The smallest absolute Gasteiger partial charge is 0.228 e. The summed E-state index contributed by atoms with van der Waals surface area (Å²) < 4.78 is 27.8. The molecule has 0 spiro atoms. The van der Waals surface area contributed by atoms with Crippen LogP contribution in [0.15, 0.2) is 4.52 Å². The molecule has 0 aliphatic carbocycles. The molecule has 0 aromatic carbocycles. The van der Waals surface area contributed by atoms with E-state index in [-0.39, 0.29) is 17.5 Å². The highest BCUT2D eigenvalue weighted by Gasteiger charge is 2.25. The molecule has 1 aromatic heterocycles. The van der Waals surface area contributed by atoms with Crippen LogP contribution in [-0.4, -0.2) is 42.7 Å². The maximum atomic E-state index is 11.4. The van der Waals surface area contributed by atoms with Crippen LogP contribution in [0.2, 0.25) is 0 Å². The van der Waals surface area contributed by atoms with E-state index in [9.17, 15) is 8.42 Å². The summed E-state index contributed by atoms with van der Waals surface area (Å²) in [6.45, 7) is 2.44. The Morgan fingerprint density at radius 1 is 1.56 bits per heavy atom. The largest absolute Gasteiger partial charge is 0.339 e. The summed E-state index contributed by atoms with van der Waals surface area (Å²) in [5, 5.41) is 6.92. The quantitative estimate of drug-likeness (QED) is 0.777. The molecule has 1 unspecified atom stereocenters. The minimum Gasteiger partial charge on any atom is -0.339 e. The highest BCUT2D eigenvalue weighted by atomic mass is 32.2. The summed E-state index contributed by atoms with van der Waals surface area (Å²) in [6.07, 6.45) is 1.20. The van der Waals surface area contributed by atoms with Crippen molar-refractivity contribution in [1.29, 1.82) is 0 Å². The fourth-order valence-electron chi connectivity index (χ4n) is 1.73. The summed E-state index contributed by atoms with van der Waals surface area (Å²) in [7, 11) is -2.90. The van der Waals surface area contributed by atoms with E-state index in [0.29, 0.717) is 24.7 Å². The molecule has 0 amide bonds. The molecule has 0 bridgehead atoms. The van der Waals surface area contributed by atoms with Crippen LogP contribution in [0, 0.1) is 0 Å². The molecule has 1 saturated heterocycles. The molecule has 6 nitrogen and oxygen atoms in total. The van der Waals surface area contributed by atoms with Crippen LogP contribution in [0.5, 0.6) is 0 Å². The Bertz CT molecular complexity index is 454. The van der Waals surface area contributed by atoms with Gasteiger partial charge in [-0.15, -0.1) is 0 Å². The standard InChI is InChI=1S/C9H15N3O3S/c1-2-8-11-9(15-12-8)5-7-6-16(13,14)4-3-10-7/h7,10H,2-6H2,1H3. The molecule has 1 aliphatic heterocycles. The van der Waals surface area contributed by atoms with E-state index in [1.54, 1.807) is 0 Å². The Labute approximate surface area is 94.3 Å². The molecule has 1 N–H and O–H groups in total. The van der Waals surface area contributed by atoms with Crippen LogP contribution in [0.3, 0.4) is 0 Å². The lowest BCUT2D eigenvalue weighted by Crippen LogP contribution is -2.46. The van der Waals surface area contributed by atoms with Crippen LogP contribution in [0.1, 0.15) is 18.6 Å². The second-order valence-electron chi connectivity index (χ2n) is 3.93. The van der Waals surface area contributed by atoms with Gasteiger partial charge in [0.1, 0.15) is 0 Å². The molecular weight excluding hydrogens is 230 g/mol. The van der Waals surface area contributed by atoms with Crippen molar-refractivity contribution in [2.24, 2.45) is 0 Å². The normalized spacial score (nSPS) is 24.4. The van der Waals surface area contributed by atoms with E-state index in [0.717, 1.165) is 6.42 Å². The van der Waals surface area contributed by atoms with E-state index in [1.807, 2.05) is 6.92 Å². The van der Waals surface area contributed by atoms with Gasteiger partial charge in [-0.25, -0.2) is 8.42 Å². The zero-order valence-electron chi connectivity index (χ0n) is 9.14. The number of rotatable bonds is 3. The van der Waals surface area contributed by atoms with Crippen LogP contribution in [-0.2, 0) is 22.7 Å². The van der Waals surface area contributed by atoms with Gasteiger partial charge in [0.2, 0.25) is 5.89 Å². The molecule has 2 rings (SSSR count). The first-order valence-corrected chi connectivity index (χ1v) is 7.16. The number of aryl methyl sites for hydroxylation is 1. The molecule has 16 heavy (non-hydrogen) atoms. The maximum Gasteiger partial charge on any atom is 0.228 e. The first kappa shape index (κ1) is 11.5. The molecule has 1 aliphatic rings. The predicted molar refractivity (Wildman–Crippen MR) is 57.8 cm³/mol. The number of hydrogen-bond donors (Lipinski definition) is 1. The number of sulfone groups is 1. The van der Waals surface area contributed by atoms with Gasteiger partial charge in [0, 0.05) is 25.4 Å². The van der Waals surface area contributed by atoms with Crippen LogP contribution in [0.25, 0.3) is 0 Å². The third kappa shape index (κ3) is 2.79. The maximum absolute atomic E-state index is 11.4. The van der Waals surface area contributed by atoms with Crippen molar-refractivity contribution in [2.45, 2.75) is 25.8 Å². The van der Waals surface area contributed by atoms with Crippen molar-refractivity contribution in [1.82, 2.24) is 15.5 Å². The van der Waals surface area contributed by atoms with Gasteiger partial charge in [0.05, 0.1) is 11.5 Å². The van der Waals surface area contributed by atoms with E-state index < -0.39 is 9.84 Å². The number of nitrogens with one attached hydrogen (secondary N) is 1. The van der Waals surface area contributed by atoms with Gasteiger partial charge in [0.15, 0.2) is 15.7 Å². The van der Waals surface area contributed by atoms with Crippen molar-refractivity contribution in [3.8, 4) is 0 Å². The Morgan fingerprint density at radius 3 is 3.00 bits per heavy atom. The van der Waals surface area contributed by atoms with E-state index >= 15 is 0 Å². The fraction of sp³-hybridized carbons (Fsp3) is 0.778. The van der Waals surface area contributed by atoms with Gasteiger partial charge in [0.25, 0.3) is 0 Å². The summed E-state index contributed by atoms with van der Waals surface area (Å²) in [5.41, 5.74) is 0.